The Morgan fingerprint density at radius 2 is 2.16 bits per heavy atom. The van der Waals surface area contributed by atoms with Gasteiger partial charge in [0.25, 0.3) is 9.05 Å². The van der Waals surface area contributed by atoms with E-state index in [2.05, 4.69) is 4.98 Å². The molecule has 1 aromatic carbocycles. The van der Waals surface area contributed by atoms with Gasteiger partial charge >= 0.3 is 0 Å². The van der Waals surface area contributed by atoms with E-state index < -0.39 is 9.05 Å². The molecule has 0 amide bonds. The molecule has 2 aromatic rings. The summed E-state index contributed by atoms with van der Waals surface area (Å²) in [4.78, 5) is 4.08. The molecule has 0 atom stereocenters. The first-order valence-corrected chi connectivity index (χ1v) is 7.82. The van der Waals surface area contributed by atoms with E-state index in [0.717, 1.165) is 5.69 Å². The summed E-state index contributed by atoms with van der Waals surface area (Å²) in [6.07, 6.45) is 3.40. The summed E-state index contributed by atoms with van der Waals surface area (Å²) >= 11 is 0. The van der Waals surface area contributed by atoms with Crippen LogP contribution >= 0.6 is 10.7 Å². The zero-order valence-electron chi connectivity index (χ0n) is 10.5. The van der Waals surface area contributed by atoms with E-state index >= 15 is 0 Å². The van der Waals surface area contributed by atoms with E-state index in [0.29, 0.717) is 17.9 Å². The predicted octanol–water partition coefficient (Wildman–Crippen LogP) is 2.24. The highest BCUT2D eigenvalue weighted by molar-refractivity contribution is 8.13. The molecule has 19 heavy (non-hydrogen) atoms. The molecular weight excluding hydrogens is 288 g/mol. The average Bonchev–Trinajstić information content (AvgIpc) is 2.70. The van der Waals surface area contributed by atoms with Crippen LogP contribution < -0.4 is 4.74 Å². The lowest BCUT2D eigenvalue weighted by atomic mass is 10.2. The Kier molecular flexibility index (Phi) is 3.82. The molecule has 0 saturated carbocycles. The molecule has 0 N–H and O–H groups in total. The topological polar surface area (TPSA) is 61.2 Å². The number of hydrogen-bond acceptors (Lipinski definition) is 4. The van der Waals surface area contributed by atoms with Crippen molar-refractivity contribution in [3.63, 3.8) is 0 Å². The first-order chi connectivity index (χ1) is 8.88. The third-order valence-electron chi connectivity index (χ3n) is 2.71. The second-order valence-corrected chi connectivity index (χ2v) is 6.68. The standard InChI is InChI=1S/C12H13ClN2O3S/c1-9-5-11(3-4-12(9)19(13,16)17)18-7-10-6-14-8-15(10)2/h3-6,8H,7H2,1-2H3. The Morgan fingerprint density at radius 1 is 1.42 bits per heavy atom. The number of imidazole rings is 1. The fourth-order valence-corrected chi connectivity index (χ4v) is 2.86. The van der Waals surface area contributed by atoms with Gasteiger partial charge in [-0.2, -0.15) is 0 Å². The van der Waals surface area contributed by atoms with Crippen LogP contribution in [0.3, 0.4) is 0 Å². The van der Waals surface area contributed by atoms with Crippen LogP contribution in [-0.2, 0) is 22.7 Å². The van der Waals surface area contributed by atoms with Crippen molar-refractivity contribution in [3.05, 3.63) is 42.0 Å². The highest BCUT2D eigenvalue weighted by Gasteiger charge is 2.13. The summed E-state index contributed by atoms with van der Waals surface area (Å²) in [5.74, 6) is 0.586. The van der Waals surface area contributed by atoms with Crippen molar-refractivity contribution in [2.45, 2.75) is 18.4 Å². The molecule has 1 heterocycles. The third-order valence-corrected chi connectivity index (χ3v) is 4.19. The Morgan fingerprint density at radius 3 is 2.68 bits per heavy atom. The number of hydrogen-bond donors (Lipinski definition) is 0. The Bertz CT molecular complexity index is 695. The maximum absolute atomic E-state index is 11.3. The van der Waals surface area contributed by atoms with Crippen LogP contribution in [-0.4, -0.2) is 18.0 Å². The van der Waals surface area contributed by atoms with Gasteiger partial charge in [-0.15, -0.1) is 0 Å². The van der Waals surface area contributed by atoms with Crippen molar-refractivity contribution in [1.82, 2.24) is 9.55 Å². The fraction of sp³-hybridized carbons (Fsp3) is 0.250. The largest absolute Gasteiger partial charge is 0.487 e. The molecule has 0 saturated heterocycles. The van der Waals surface area contributed by atoms with Crippen molar-refractivity contribution in [2.75, 3.05) is 0 Å². The lowest BCUT2D eigenvalue weighted by molar-refractivity contribution is 0.296. The average molecular weight is 301 g/mol. The van der Waals surface area contributed by atoms with Gasteiger partial charge in [-0.3, -0.25) is 0 Å². The molecule has 0 fully saturated rings. The second-order valence-electron chi connectivity index (χ2n) is 4.15. The van der Waals surface area contributed by atoms with Gasteiger partial charge in [0.1, 0.15) is 12.4 Å². The first-order valence-electron chi connectivity index (χ1n) is 5.51. The minimum absolute atomic E-state index is 0.0991. The van der Waals surface area contributed by atoms with Crippen LogP contribution in [0.1, 0.15) is 11.3 Å². The zero-order chi connectivity index (χ0) is 14.0. The molecule has 102 valence electrons. The van der Waals surface area contributed by atoms with Gasteiger partial charge in [0.2, 0.25) is 0 Å². The fourth-order valence-electron chi connectivity index (χ4n) is 1.67. The van der Waals surface area contributed by atoms with Crippen molar-refractivity contribution < 1.29 is 13.2 Å². The summed E-state index contributed by atoms with van der Waals surface area (Å²) in [6, 6.07) is 4.67. The minimum Gasteiger partial charge on any atom is -0.487 e. The number of rotatable bonds is 4. The monoisotopic (exact) mass is 300 g/mol. The summed E-state index contributed by atoms with van der Waals surface area (Å²) in [5, 5.41) is 0. The highest BCUT2D eigenvalue weighted by Crippen LogP contribution is 2.24. The SMILES string of the molecule is Cc1cc(OCc2cncn2C)ccc1S(=O)(=O)Cl. The van der Waals surface area contributed by atoms with E-state index in [1.807, 2.05) is 11.6 Å². The molecule has 2 rings (SSSR count). The maximum Gasteiger partial charge on any atom is 0.261 e. The number of aryl methyl sites for hydroxylation is 2. The molecule has 0 unspecified atom stereocenters. The van der Waals surface area contributed by atoms with Crippen LogP contribution in [0, 0.1) is 6.92 Å². The molecule has 0 aliphatic heterocycles. The number of aromatic nitrogens is 2. The lowest BCUT2D eigenvalue weighted by Gasteiger charge is -2.09. The normalized spacial score (nSPS) is 11.5. The quantitative estimate of drug-likeness (QED) is 0.812. The van der Waals surface area contributed by atoms with E-state index in [4.69, 9.17) is 15.4 Å². The van der Waals surface area contributed by atoms with Gasteiger partial charge in [-0.25, -0.2) is 13.4 Å². The van der Waals surface area contributed by atoms with E-state index in [1.165, 1.54) is 6.07 Å². The minimum atomic E-state index is -3.71. The molecule has 1 aromatic heterocycles. The second kappa shape index (κ2) is 5.22. The van der Waals surface area contributed by atoms with Gasteiger partial charge in [-0.1, -0.05) is 0 Å². The van der Waals surface area contributed by atoms with E-state index in [9.17, 15) is 8.42 Å². The molecule has 0 aliphatic rings. The lowest BCUT2D eigenvalue weighted by Crippen LogP contribution is -2.02. The van der Waals surface area contributed by atoms with Crippen molar-refractivity contribution >= 4 is 19.7 Å². The Balaban J connectivity index is 2.15. The summed E-state index contributed by atoms with van der Waals surface area (Å²) < 4.78 is 30.0. The van der Waals surface area contributed by atoms with E-state index in [-0.39, 0.29) is 4.90 Å². The van der Waals surface area contributed by atoms with E-state index in [1.54, 1.807) is 31.6 Å². The van der Waals surface area contributed by atoms with Gasteiger partial charge in [0.15, 0.2) is 0 Å². The molecule has 0 bridgehead atoms. The molecule has 7 heteroatoms. The molecule has 0 aliphatic carbocycles. The number of halogens is 1. The molecular formula is C12H13ClN2O3S. The first kappa shape index (κ1) is 13.9. The van der Waals surface area contributed by atoms with Crippen LogP contribution in [0.4, 0.5) is 0 Å². The van der Waals surface area contributed by atoms with Crippen LogP contribution in [0.2, 0.25) is 0 Å². The summed E-state index contributed by atoms with van der Waals surface area (Å²) in [7, 11) is 3.48. The van der Waals surface area contributed by atoms with Crippen molar-refractivity contribution in [1.29, 1.82) is 0 Å². The highest BCUT2D eigenvalue weighted by atomic mass is 35.7. The summed E-state index contributed by atoms with van der Waals surface area (Å²) in [6.45, 7) is 2.04. The Hall–Kier alpha value is -1.53. The molecule has 0 spiro atoms. The van der Waals surface area contributed by atoms with Gasteiger partial charge in [0, 0.05) is 17.7 Å². The van der Waals surface area contributed by atoms with Crippen molar-refractivity contribution in [2.24, 2.45) is 7.05 Å². The van der Waals surface area contributed by atoms with Gasteiger partial charge in [0.05, 0.1) is 23.1 Å². The third kappa shape index (κ3) is 3.27. The van der Waals surface area contributed by atoms with Crippen LogP contribution in [0.25, 0.3) is 0 Å². The van der Waals surface area contributed by atoms with Gasteiger partial charge < -0.3 is 9.30 Å². The molecule has 5 nitrogen and oxygen atoms in total. The summed E-state index contributed by atoms with van der Waals surface area (Å²) in [5.41, 5.74) is 1.48. The van der Waals surface area contributed by atoms with Gasteiger partial charge in [-0.05, 0) is 30.7 Å². The Labute approximate surface area is 116 Å². The molecule has 0 radical (unpaired) electrons. The number of benzene rings is 1. The predicted molar refractivity (Wildman–Crippen MR) is 71.8 cm³/mol. The number of ether oxygens (including phenoxy) is 1. The van der Waals surface area contributed by atoms with Crippen LogP contribution in [0.5, 0.6) is 5.75 Å². The van der Waals surface area contributed by atoms with Crippen LogP contribution in [0.15, 0.2) is 35.6 Å². The zero-order valence-corrected chi connectivity index (χ0v) is 12.1. The smallest absolute Gasteiger partial charge is 0.261 e. The maximum atomic E-state index is 11.3. The van der Waals surface area contributed by atoms with Crippen molar-refractivity contribution in [3.8, 4) is 5.75 Å². The number of nitrogens with zero attached hydrogens (tertiary/aromatic N) is 2.